The van der Waals surface area contributed by atoms with Crippen LogP contribution in [0.1, 0.15) is 26.7 Å². The highest BCUT2D eigenvalue weighted by molar-refractivity contribution is 5.85. The fraction of sp³-hybridized carbons (Fsp3) is 0.818. The molecular weight excluding hydrogens is 208 g/mol. The van der Waals surface area contributed by atoms with Crippen LogP contribution >= 0.6 is 0 Å². The van der Waals surface area contributed by atoms with Crippen molar-refractivity contribution in [2.45, 2.75) is 32.7 Å². The van der Waals surface area contributed by atoms with Gasteiger partial charge < -0.3 is 15.3 Å². The molecule has 92 valence electrons. The number of nitrogens with one attached hydrogen (secondary N) is 1. The zero-order chi connectivity index (χ0) is 12.1. The first-order valence-corrected chi connectivity index (χ1v) is 5.72. The lowest BCUT2D eigenvalue weighted by atomic mass is 10.1. The van der Waals surface area contributed by atoms with Crippen molar-refractivity contribution in [2.24, 2.45) is 5.92 Å². The van der Waals surface area contributed by atoms with Crippen LogP contribution in [0.5, 0.6) is 0 Å². The molecular formula is C11H20N2O3. The third kappa shape index (κ3) is 3.48. The van der Waals surface area contributed by atoms with Crippen molar-refractivity contribution >= 4 is 11.8 Å². The molecule has 2 unspecified atom stereocenters. The van der Waals surface area contributed by atoms with Crippen LogP contribution in [0, 0.1) is 5.92 Å². The first kappa shape index (κ1) is 13.0. The number of carbonyl (C=O) groups is 2. The monoisotopic (exact) mass is 228 g/mol. The van der Waals surface area contributed by atoms with E-state index < -0.39 is 0 Å². The molecule has 2 atom stereocenters. The number of carbonyl (C=O) groups excluding carboxylic acids is 2. The Balaban J connectivity index is 2.32. The largest absolute Gasteiger partial charge is 0.396 e. The highest BCUT2D eigenvalue weighted by Crippen LogP contribution is 2.08. The molecule has 0 bridgehead atoms. The summed E-state index contributed by atoms with van der Waals surface area (Å²) in [5.41, 5.74) is 0. The minimum absolute atomic E-state index is 0.0261. The fourth-order valence-corrected chi connectivity index (χ4v) is 1.64. The molecule has 2 amide bonds. The Morgan fingerprint density at radius 3 is 2.75 bits per heavy atom. The molecule has 0 aromatic carbocycles. The highest BCUT2D eigenvalue weighted by atomic mass is 16.3. The Morgan fingerprint density at radius 1 is 1.56 bits per heavy atom. The fourth-order valence-electron chi connectivity index (χ4n) is 1.64. The van der Waals surface area contributed by atoms with Crippen LogP contribution in [0.25, 0.3) is 0 Å². The Hall–Kier alpha value is -1.10. The van der Waals surface area contributed by atoms with Crippen LogP contribution in [-0.4, -0.2) is 47.6 Å². The standard InChI is InChI=1S/C11H20N2O3/c1-8(7-14)9(2)12-10(15)6-13-5-3-4-11(13)16/h8-9,14H,3-7H2,1-2H3,(H,12,15). The molecule has 2 N–H and O–H groups in total. The normalized spacial score (nSPS) is 19.7. The zero-order valence-corrected chi connectivity index (χ0v) is 9.90. The van der Waals surface area contributed by atoms with Crippen LogP contribution in [0.2, 0.25) is 0 Å². The summed E-state index contributed by atoms with van der Waals surface area (Å²) in [6.45, 7) is 4.58. The molecule has 0 saturated carbocycles. The summed E-state index contributed by atoms with van der Waals surface area (Å²) in [6, 6.07) is -0.0739. The summed E-state index contributed by atoms with van der Waals surface area (Å²) >= 11 is 0. The van der Waals surface area contributed by atoms with E-state index in [-0.39, 0.29) is 36.9 Å². The predicted octanol–water partition coefficient (Wildman–Crippen LogP) is -0.258. The summed E-state index contributed by atoms with van der Waals surface area (Å²) < 4.78 is 0. The highest BCUT2D eigenvalue weighted by Gasteiger charge is 2.23. The van der Waals surface area contributed by atoms with Gasteiger partial charge in [-0.05, 0) is 19.3 Å². The van der Waals surface area contributed by atoms with Gasteiger partial charge in [-0.3, -0.25) is 9.59 Å². The van der Waals surface area contributed by atoms with E-state index in [2.05, 4.69) is 5.32 Å². The van der Waals surface area contributed by atoms with Crippen molar-refractivity contribution in [1.82, 2.24) is 10.2 Å². The van der Waals surface area contributed by atoms with Crippen molar-refractivity contribution in [3.63, 3.8) is 0 Å². The number of likely N-dealkylation sites (tertiary alicyclic amines) is 1. The number of nitrogens with zero attached hydrogens (tertiary/aromatic N) is 1. The van der Waals surface area contributed by atoms with E-state index in [1.807, 2.05) is 13.8 Å². The van der Waals surface area contributed by atoms with E-state index in [0.29, 0.717) is 13.0 Å². The minimum atomic E-state index is -0.150. The number of aliphatic hydroxyl groups is 1. The van der Waals surface area contributed by atoms with Crippen molar-refractivity contribution in [1.29, 1.82) is 0 Å². The molecule has 0 aromatic heterocycles. The molecule has 1 heterocycles. The minimum Gasteiger partial charge on any atom is -0.396 e. The Kier molecular flexibility index (Phi) is 4.73. The number of amides is 2. The summed E-state index contributed by atoms with van der Waals surface area (Å²) in [7, 11) is 0. The third-order valence-electron chi connectivity index (χ3n) is 3.04. The molecule has 16 heavy (non-hydrogen) atoms. The molecule has 0 aromatic rings. The van der Waals surface area contributed by atoms with Crippen LogP contribution in [0.3, 0.4) is 0 Å². The second kappa shape index (κ2) is 5.84. The molecule has 0 radical (unpaired) electrons. The first-order valence-electron chi connectivity index (χ1n) is 5.72. The van der Waals surface area contributed by atoms with Crippen molar-refractivity contribution in [2.75, 3.05) is 19.7 Å². The topological polar surface area (TPSA) is 69.6 Å². The van der Waals surface area contributed by atoms with E-state index in [9.17, 15) is 9.59 Å². The number of hydrogen-bond donors (Lipinski definition) is 2. The lowest BCUT2D eigenvalue weighted by molar-refractivity contribution is -0.133. The molecule has 0 spiro atoms. The molecule has 1 rings (SSSR count). The lowest BCUT2D eigenvalue weighted by Gasteiger charge is -2.21. The number of rotatable bonds is 5. The second-order valence-electron chi connectivity index (χ2n) is 4.43. The van der Waals surface area contributed by atoms with Gasteiger partial charge >= 0.3 is 0 Å². The van der Waals surface area contributed by atoms with Gasteiger partial charge in [-0.2, -0.15) is 0 Å². The van der Waals surface area contributed by atoms with Crippen LogP contribution in [0.4, 0.5) is 0 Å². The van der Waals surface area contributed by atoms with Crippen LogP contribution < -0.4 is 5.32 Å². The molecule has 5 heteroatoms. The molecule has 1 aliphatic rings. The van der Waals surface area contributed by atoms with Gasteiger partial charge in [-0.15, -0.1) is 0 Å². The van der Waals surface area contributed by atoms with E-state index in [1.54, 1.807) is 4.90 Å². The smallest absolute Gasteiger partial charge is 0.239 e. The maximum Gasteiger partial charge on any atom is 0.239 e. The van der Waals surface area contributed by atoms with E-state index >= 15 is 0 Å². The number of hydrogen-bond acceptors (Lipinski definition) is 3. The maximum absolute atomic E-state index is 11.6. The quantitative estimate of drug-likeness (QED) is 0.681. The molecule has 1 fully saturated rings. The molecule has 5 nitrogen and oxygen atoms in total. The van der Waals surface area contributed by atoms with Gasteiger partial charge in [0.2, 0.25) is 11.8 Å². The Bertz CT molecular complexity index is 268. The second-order valence-corrected chi connectivity index (χ2v) is 4.43. The van der Waals surface area contributed by atoms with E-state index in [4.69, 9.17) is 5.11 Å². The van der Waals surface area contributed by atoms with Crippen molar-refractivity contribution in [3.8, 4) is 0 Å². The predicted molar refractivity (Wildman–Crippen MR) is 59.7 cm³/mol. The average Bonchev–Trinajstić information content (AvgIpc) is 2.63. The molecule has 1 aliphatic heterocycles. The Morgan fingerprint density at radius 2 is 2.25 bits per heavy atom. The van der Waals surface area contributed by atoms with Gasteiger partial charge in [-0.1, -0.05) is 6.92 Å². The van der Waals surface area contributed by atoms with E-state index in [1.165, 1.54) is 0 Å². The van der Waals surface area contributed by atoms with Gasteiger partial charge in [0.15, 0.2) is 0 Å². The zero-order valence-electron chi connectivity index (χ0n) is 9.90. The van der Waals surface area contributed by atoms with Crippen molar-refractivity contribution in [3.05, 3.63) is 0 Å². The third-order valence-corrected chi connectivity index (χ3v) is 3.04. The summed E-state index contributed by atoms with van der Waals surface area (Å²) in [4.78, 5) is 24.5. The summed E-state index contributed by atoms with van der Waals surface area (Å²) in [6.07, 6.45) is 1.39. The van der Waals surface area contributed by atoms with Gasteiger partial charge in [0.25, 0.3) is 0 Å². The van der Waals surface area contributed by atoms with Crippen molar-refractivity contribution < 1.29 is 14.7 Å². The van der Waals surface area contributed by atoms with Gasteiger partial charge in [0, 0.05) is 25.6 Å². The molecule has 1 saturated heterocycles. The SMILES string of the molecule is CC(CO)C(C)NC(=O)CN1CCCC1=O. The summed E-state index contributed by atoms with van der Waals surface area (Å²) in [5, 5.41) is 11.7. The number of aliphatic hydroxyl groups excluding tert-OH is 1. The first-order chi connectivity index (χ1) is 7.54. The van der Waals surface area contributed by atoms with Crippen LogP contribution in [0.15, 0.2) is 0 Å². The average molecular weight is 228 g/mol. The maximum atomic E-state index is 11.6. The Labute approximate surface area is 95.8 Å². The summed E-state index contributed by atoms with van der Waals surface area (Å²) in [5.74, 6) is -0.0701. The van der Waals surface area contributed by atoms with Gasteiger partial charge in [-0.25, -0.2) is 0 Å². The lowest BCUT2D eigenvalue weighted by Crippen LogP contribution is -2.44. The molecule has 0 aliphatic carbocycles. The van der Waals surface area contributed by atoms with Crippen LogP contribution in [-0.2, 0) is 9.59 Å². The van der Waals surface area contributed by atoms with Gasteiger partial charge in [0.1, 0.15) is 0 Å². The van der Waals surface area contributed by atoms with Gasteiger partial charge in [0.05, 0.1) is 6.54 Å². The van der Waals surface area contributed by atoms with E-state index in [0.717, 1.165) is 6.42 Å².